The molecule has 1 unspecified atom stereocenters. The predicted molar refractivity (Wildman–Crippen MR) is 82.4 cm³/mol. The molecule has 0 aliphatic heterocycles. The summed E-state index contributed by atoms with van der Waals surface area (Å²) >= 11 is 4.75. The summed E-state index contributed by atoms with van der Waals surface area (Å²) in [5, 5.41) is 9.37. The molecule has 0 fully saturated rings. The number of thiophene rings is 1. The van der Waals surface area contributed by atoms with Crippen LogP contribution in [-0.4, -0.2) is 12.9 Å². The Morgan fingerprint density at radius 1 is 1.45 bits per heavy atom. The molecular weight excluding hydrogens is 338 g/mol. The lowest BCUT2D eigenvalue weighted by atomic mass is 9.94. The van der Waals surface area contributed by atoms with Crippen molar-refractivity contribution in [2.75, 3.05) is 7.11 Å². The van der Waals surface area contributed by atoms with Crippen molar-refractivity contribution in [1.29, 1.82) is 5.26 Å². The highest BCUT2D eigenvalue weighted by molar-refractivity contribution is 9.11. The number of hydrogen-bond donors (Lipinski definition) is 0. The third-order valence-corrected chi connectivity index (χ3v) is 5.09. The first-order valence-electron chi connectivity index (χ1n) is 5.91. The number of rotatable bonds is 4. The van der Waals surface area contributed by atoms with Crippen LogP contribution in [0.15, 0.2) is 34.1 Å². The Labute approximate surface area is 129 Å². The van der Waals surface area contributed by atoms with Gasteiger partial charge in [-0.05, 0) is 40.5 Å². The molecule has 1 aromatic carbocycles. The molecule has 0 saturated heterocycles. The Morgan fingerprint density at radius 2 is 2.15 bits per heavy atom. The van der Waals surface area contributed by atoms with Crippen molar-refractivity contribution < 1.29 is 9.53 Å². The van der Waals surface area contributed by atoms with Gasteiger partial charge in [0.1, 0.15) is 11.7 Å². The minimum atomic E-state index is -0.851. The van der Waals surface area contributed by atoms with E-state index in [1.54, 1.807) is 24.3 Å². The number of para-hydroxylation sites is 1. The maximum atomic E-state index is 12.5. The summed E-state index contributed by atoms with van der Waals surface area (Å²) in [6, 6.07) is 11.0. The summed E-state index contributed by atoms with van der Waals surface area (Å²) in [6.07, 6.45) is 0. The number of carbonyl (C=O) groups excluding carboxylic acids is 1. The molecule has 0 saturated carbocycles. The Bertz CT molecular complexity index is 668. The zero-order valence-corrected chi connectivity index (χ0v) is 13.4. The largest absolute Gasteiger partial charge is 0.496 e. The zero-order chi connectivity index (χ0) is 14.7. The van der Waals surface area contributed by atoms with Gasteiger partial charge >= 0.3 is 0 Å². The molecule has 2 aromatic rings. The second-order valence-corrected chi connectivity index (χ2v) is 6.61. The molecule has 2 rings (SSSR count). The van der Waals surface area contributed by atoms with Gasteiger partial charge in [-0.1, -0.05) is 18.2 Å². The quantitative estimate of drug-likeness (QED) is 0.772. The lowest BCUT2D eigenvalue weighted by molar-refractivity contribution is 0.0981. The van der Waals surface area contributed by atoms with Crippen molar-refractivity contribution in [3.8, 4) is 11.8 Å². The SMILES string of the molecule is COc1ccccc1C(C#N)C(=O)c1cc(C)c(Br)s1. The Kier molecular flexibility index (Phi) is 4.58. The molecule has 0 bridgehead atoms. The van der Waals surface area contributed by atoms with Crippen LogP contribution in [0, 0.1) is 18.3 Å². The molecule has 102 valence electrons. The number of ketones is 1. The van der Waals surface area contributed by atoms with Crippen LogP contribution in [0.2, 0.25) is 0 Å². The minimum absolute atomic E-state index is 0.198. The third kappa shape index (κ3) is 2.77. The number of carbonyl (C=O) groups is 1. The molecule has 0 amide bonds. The first kappa shape index (κ1) is 14.8. The Balaban J connectivity index is 2.42. The van der Waals surface area contributed by atoms with Gasteiger partial charge in [-0.15, -0.1) is 11.3 Å². The minimum Gasteiger partial charge on any atom is -0.496 e. The number of halogens is 1. The summed E-state index contributed by atoms with van der Waals surface area (Å²) in [7, 11) is 1.53. The Hall–Kier alpha value is -1.64. The fraction of sp³-hybridized carbons (Fsp3) is 0.200. The molecule has 20 heavy (non-hydrogen) atoms. The topological polar surface area (TPSA) is 50.1 Å². The van der Waals surface area contributed by atoms with Gasteiger partial charge in [0.05, 0.1) is 21.8 Å². The van der Waals surface area contributed by atoms with Gasteiger partial charge in [0.15, 0.2) is 5.78 Å². The second kappa shape index (κ2) is 6.21. The first-order chi connectivity index (χ1) is 9.58. The number of aryl methyl sites for hydroxylation is 1. The van der Waals surface area contributed by atoms with Crippen LogP contribution in [0.5, 0.6) is 5.75 Å². The van der Waals surface area contributed by atoms with Gasteiger partial charge in [-0.3, -0.25) is 4.79 Å². The highest BCUT2D eigenvalue weighted by Crippen LogP contribution is 2.33. The smallest absolute Gasteiger partial charge is 0.194 e. The molecule has 0 spiro atoms. The number of nitriles is 1. The van der Waals surface area contributed by atoms with Gasteiger partial charge in [-0.25, -0.2) is 0 Å². The molecule has 3 nitrogen and oxygen atoms in total. The van der Waals surface area contributed by atoms with Gasteiger partial charge in [0.2, 0.25) is 0 Å². The fourth-order valence-electron chi connectivity index (χ4n) is 1.90. The van der Waals surface area contributed by atoms with Crippen molar-refractivity contribution in [3.05, 3.63) is 50.1 Å². The molecule has 0 aliphatic rings. The summed E-state index contributed by atoms with van der Waals surface area (Å²) in [4.78, 5) is 13.1. The van der Waals surface area contributed by atoms with Gasteiger partial charge in [0, 0.05) is 5.56 Å². The van der Waals surface area contributed by atoms with Gasteiger partial charge < -0.3 is 4.74 Å². The molecule has 1 heterocycles. The monoisotopic (exact) mass is 349 g/mol. The average Bonchev–Trinajstić information content (AvgIpc) is 2.80. The third-order valence-electron chi connectivity index (χ3n) is 2.94. The fourth-order valence-corrected chi connectivity index (χ4v) is 3.40. The molecular formula is C15H12BrNO2S. The zero-order valence-electron chi connectivity index (χ0n) is 11.0. The van der Waals surface area contributed by atoms with Crippen LogP contribution >= 0.6 is 27.3 Å². The van der Waals surface area contributed by atoms with Crippen LogP contribution < -0.4 is 4.74 Å². The van der Waals surface area contributed by atoms with E-state index in [1.807, 2.05) is 13.0 Å². The van der Waals surface area contributed by atoms with E-state index in [1.165, 1.54) is 18.4 Å². The Morgan fingerprint density at radius 3 is 2.70 bits per heavy atom. The van der Waals surface area contributed by atoms with Crippen molar-refractivity contribution >= 4 is 33.0 Å². The summed E-state index contributed by atoms with van der Waals surface area (Å²) in [6.45, 7) is 1.92. The van der Waals surface area contributed by atoms with Crippen molar-refractivity contribution in [3.63, 3.8) is 0 Å². The van der Waals surface area contributed by atoms with E-state index in [0.717, 1.165) is 9.35 Å². The van der Waals surface area contributed by atoms with Crippen molar-refractivity contribution in [2.45, 2.75) is 12.8 Å². The summed E-state index contributed by atoms with van der Waals surface area (Å²) in [5.74, 6) is -0.494. The molecule has 0 aliphatic carbocycles. The lowest BCUT2D eigenvalue weighted by Crippen LogP contribution is -2.11. The van der Waals surface area contributed by atoms with Crippen LogP contribution in [-0.2, 0) is 0 Å². The van der Waals surface area contributed by atoms with Crippen LogP contribution in [0.1, 0.15) is 26.7 Å². The van der Waals surface area contributed by atoms with Crippen LogP contribution in [0.3, 0.4) is 0 Å². The highest BCUT2D eigenvalue weighted by atomic mass is 79.9. The lowest BCUT2D eigenvalue weighted by Gasteiger charge is -2.11. The maximum absolute atomic E-state index is 12.5. The van der Waals surface area contributed by atoms with Gasteiger partial charge in [-0.2, -0.15) is 5.26 Å². The highest BCUT2D eigenvalue weighted by Gasteiger charge is 2.26. The summed E-state index contributed by atoms with van der Waals surface area (Å²) < 4.78 is 6.15. The van der Waals surface area contributed by atoms with E-state index >= 15 is 0 Å². The standard InChI is InChI=1S/C15H12BrNO2S/c1-9-7-13(20-15(9)16)14(18)11(8-17)10-5-3-4-6-12(10)19-2/h3-7,11H,1-2H3. The predicted octanol–water partition coefficient (Wildman–Crippen LogP) is 4.32. The molecule has 1 aromatic heterocycles. The number of Topliss-reactive ketones (excluding diaryl/α,β-unsaturated/α-hetero) is 1. The van der Waals surface area contributed by atoms with Gasteiger partial charge in [0.25, 0.3) is 0 Å². The van der Waals surface area contributed by atoms with E-state index in [4.69, 9.17) is 4.74 Å². The van der Waals surface area contributed by atoms with E-state index in [9.17, 15) is 10.1 Å². The van der Waals surface area contributed by atoms with E-state index in [0.29, 0.717) is 16.2 Å². The van der Waals surface area contributed by atoms with Crippen LogP contribution in [0.25, 0.3) is 0 Å². The molecule has 5 heteroatoms. The number of benzene rings is 1. The van der Waals surface area contributed by atoms with E-state index in [-0.39, 0.29) is 5.78 Å². The second-order valence-electron chi connectivity index (χ2n) is 4.24. The number of hydrogen-bond acceptors (Lipinski definition) is 4. The molecule has 0 radical (unpaired) electrons. The van der Waals surface area contributed by atoms with Crippen molar-refractivity contribution in [2.24, 2.45) is 0 Å². The average molecular weight is 350 g/mol. The number of ether oxygens (including phenoxy) is 1. The summed E-state index contributed by atoms with van der Waals surface area (Å²) in [5.41, 5.74) is 1.60. The number of nitrogens with zero attached hydrogens (tertiary/aromatic N) is 1. The molecule has 0 N–H and O–H groups in total. The normalized spacial score (nSPS) is 11.7. The van der Waals surface area contributed by atoms with E-state index in [2.05, 4.69) is 22.0 Å². The first-order valence-corrected chi connectivity index (χ1v) is 7.52. The molecule has 1 atom stereocenters. The van der Waals surface area contributed by atoms with Crippen LogP contribution in [0.4, 0.5) is 0 Å². The number of methoxy groups -OCH3 is 1. The van der Waals surface area contributed by atoms with Crippen molar-refractivity contribution in [1.82, 2.24) is 0 Å². The van der Waals surface area contributed by atoms with E-state index < -0.39 is 5.92 Å². The maximum Gasteiger partial charge on any atom is 0.194 e.